The molecule has 0 radical (unpaired) electrons. The molecule has 9 heteroatoms. The molecule has 8 nitrogen and oxygen atoms in total. The smallest absolute Gasteiger partial charge is 0.178 e. The van der Waals surface area contributed by atoms with Gasteiger partial charge in [0.05, 0.1) is 24.0 Å². The number of carbonyl (C=O) groups is 1. The third-order valence-electron chi connectivity index (χ3n) is 10.3. The van der Waals surface area contributed by atoms with E-state index < -0.39 is 5.60 Å². The van der Waals surface area contributed by atoms with Crippen LogP contribution < -0.4 is 10.2 Å². The summed E-state index contributed by atoms with van der Waals surface area (Å²) in [5, 5.41) is 20.2. The second-order valence-corrected chi connectivity index (χ2v) is 13.7. The van der Waals surface area contributed by atoms with E-state index in [9.17, 15) is 9.90 Å². The van der Waals surface area contributed by atoms with Gasteiger partial charge < -0.3 is 20.1 Å². The van der Waals surface area contributed by atoms with Gasteiger partial charge in [-0.3, -0.25) is 4.79 Å². The summed E-state index contributed by atoms with van der Waals surface area (Å²) in [6, 6.07) is 19.5. The van der Waals surface area contributed by atoms with Gasteiger partial charge in [-0.15, -0.1) is 0 Å². The summed E-state index contributed by atoms with van der Waals surface area (Å²) < 4.78 is 8.07. The van der Waals surface area contributed by atoms with Gasteiger partial charge in [0, 0.05) is 42.7 Å². The zero-order valence-electron chi connectivity index (χ0n) is 25.8. The van der Waals surface area contributed by atoms with E-state index in [0.717, 1.165) is 66.4 Å². The van der Waals surface area contributed by atoms with Gasteiger partial charge in [-0.05, 0) is 98.8 Å². The number of piperidine rings is 2. The molecule has 2 aromatic heterocycles. The highest BCUT2D eigenvalue weighted by molar-refractivity contribution is 6.30. The Balaban J connectivity index is 0.941. The number of carbonyl (C=O) groups excluding carboxylic acids is 1. The lowest BCUT2D eigenvalue weighted by Gasteiger charge is -2.43. The van der Waals surface area contributed by atoms with Gasteiger partial charge in [-0.25, -0.2) is 9.50 Å². The Morgan fingerprint density at radius 3 is 2.47 bits per heavy atom. The Bertz CT molecular complexity index is 1610. The zero-order valence-corrected chi connectivity index (χ0v) is 26.5. The maximum absolute atomic E-state index is 13.0. The summed E-state index contributed by atoms with van der Waals surface area (Å²) in [7, 11) is 0. The van der Waals surface area contributed by atoms with Crippen LogP contribution in [0.5, 0.6) is 0 Å². The highest BCUT2D eigenvalue weighted by Gasteiger charge is 2.37. The fourth-order valence-electron chi connectivity index (χ4n) is 7.35. The molecule has 0 amide bonds. The lowest BCUT2D eigenvalue weighted by Crippen LogP contribution is -2.44. The quantitative estimate of drug-likeness (QED) is 0.233. The van der Waals surface area contributed by atoms with Crippen molar-refractivity contribution >= 4 is 28.7 Å². The maximum Gasteiger partial charge on any atom is 0.178 e. The standard InChI is InChI=1S/C36H42ClN5O3/c37-29-9-7-28(8-10-29)36(44)17-22-41(23-18-36)31-2-1-21-42-34(31)39-33(40-42)24-26-3-5-27(6-4-26)32(43)12-11-30-13-14-35(25-45-30)15-19-38-20-16-35/h1-10,21,30,38,44H,11-20,22-25H2. The van der Waals surface area contributed by atoms with Crippen LogP contribution in [-0.2, 0) is 16.8 Å². The molecule has 0 bridgehead atoms. The van der Waals surface area contributed by atoms with Crippen molar-refractivity contribution in [2.75, 3.05) is 37.7 Å². The largest absolute Gasteiger partial charge is 0.385 e. The second kappa shape index (κ2) is 12.8. The predicted octanol–water partition coefficient (Wildman–Crippen LogP) is 5.97. The van der Waals surface area contributed by atoms with Crippen LogP contribution in [0.2, 0.25) is 5.02 Å². The van der Waals surface area contributed by atoms with Crippen molar-refractivity contribution in [3.8, 4) is 0 Å². The molecule has 1 atom stereocenters. The first-order valence-electron chi connectivity index (χ1n) is 16.4. The van der Waals surface area contributed by atoms with E-state index in [0.29, 0.717) is 49.2 Å². The SMILES string of the molecule is O=C(CCC1CCC2(CCNCC2)CO1)c1ccc(Cc2nc3c(N4CCC(O)(c5ccc(Cl)cc5)CC4)cccn3n2)cc1. The highest BCUT2D eigenvalue weighted by atomic mass is 35.5. The van der Waals surface area contributed by atoms with Gasteiger partial charge >= 0.3 is 0 Å². The Labute approximate surface area is 269 Å². The number of Topliss-reactive ketones (excluding diaryl/α,β-unsaturated/α-hetero) is 1. The number of nitrogens with one attached hydrogen (secondary N) is 1. The number of aromatic nitrogens is 3. The first-order valence-corrected chi connectivity index (χ1v) is 16.8. The number of ketones is 1. The van der Waals surface area contributed by atoms with Crippen LogP contribution in [0, 0.1) is 5.41 Å². The molecule has 7 rings (SSSR count). The lowest BCUT2D eigenvalue weighted by molar-refractivity contribution is -0.0765. The van der Waals surface area contributed by atoms with Crippen molar-refractivity contribution in [3.63, 3.8) is 0 Å². The van der Waals surface area contributed by atoms with Crippen LogP contribution in [0.25, 0.3) is 5.65 Å². The highest BCUT2D eigenvalue weighted by Crippen LogP contribution is 2.40. The first kappa shape index (κ1) is 30.4. The molecule has 3 saturated heterocycles. The second-order valence-electron chi connectivity index (χ2n) is 13.3. The molecule has 2 N–H and O–H groups in total. The van der Waals surface area contributed by atoms with Gasteiger partial charge in [0.1, 0.15) is 0 Å². The number of halogens is 1. The van der Waals surface area contributed by atoms with Gasteiger partial charge in [0.25, 0.3) is 0 Å². The molecule has 3 aliphatic rings. The normalized spacial score (nSPS) is 21.3. The summed E-state index contributed by atoms with van der Waals surface area (Å²) in [4.78, 5) is 20.2. The Morgan fingerprint density at radius 2 is 1.76 bits per heavy atom. The molecule has 3 fully saturated rings. The van der Waals surface area contributed by atoms with E-state index in [1.807, 2.05) is 65.3 Å². The van der Waals surface area contributed by atoms with Crippen LogP contribution in [0.1, 0.15) is 78.7 Å². The molecule has 5 heterocycles. The number of rotatable bonds is 8. The number of pyridine rings is 1. The van der Waals surface area contributed by atoms with E-state index in [1.54, 1.807) is 0 Å². The summed E-state index contributed by atoms with van der Waals surface area (Å²) >= 11 is 6.06. The molecule has 3 aliphatic heterocycles. The molecule has 45 heavy (non-hydrogen) atoms. The fraction of sp³-hybridized carbons (Fsp3) is 0.472. The van der Waals surface area contributed by atoms with Crippen molar-refractivity contribution in [1.29, 1.82) is 0 Å². The van der Waals surface area contributed by atoms with Crippen molar-refractivity contribution in [2.45, 2.75) is 69.5 Å². The number of benzene rings is 2. The van der Waals surface area contributed by atoms with Gasteiger partial charge in [0.2, 0.25) is 0 Å². The Kier molecular flexibility index (Phi) is 8.66. The van der Waals surface area contributed by atoms with Crippen molar-refractivity contribution < 1.29 is 14.6 Å². The average molecular weight is 628 g/mol. The van der Waals surface area contributed by atoms with Crippen molar-refractivity contribution in [1.82, 2.24) is 19.9 Å². The van der Waals surface area contributed by atoms with Crippen LogP contribution in [0.15, 0.2) is 66.9 Å². The number of nitrogens with zero attached hydrogens (tertiary/aromatic N) is 4. The van der Waals surface area contributed by atoms with Crippen LogP contribution in [0.4, 0.5) is 5.69 Å². The molecular weight excluding hydrogens is 586 g/mol. The number of ether oxygens (including phenoxy) is 1. The number of hydrogen-bond acceptors (Lipinski definition) is 7. The molecule has 1 unspecified atom stereocenters. The first-order chi connectivity index (χ1) is 21.9. The Hall–Kier alpha value is -3.30. The summed E-state index contributed by atoms with van der Waals surface area (Å²) in [6.07, 6.45) is 9.92. The number of aliphatic hydroxyl groups is 1. The molecule has 0 aliphatic carbocycles. The van der Waals surface area contributed by atoms with Crippen molar-refractivity contribution in [2.24, 2.45) is 5.41 Å². The van der Waals surface area contributed by atoms with Crippen molar-refractivity contribution in [3.05, 3.63) is 94.4 Å². The topological polar surface area (TPSA) is 92.0 Å². The summed E-state index contributed by atoms with van der Waals surface area (Å²) in [5.74, 6) is 0.907. The lowest BCUT2D eigenvalue weighted by atomic mass is 9.73. The monoisotopic (exact) mass is 627 g/mol. The number of hydrogen-bond donors (Lipinski definition) is 2. The third kappa shape index (κ3) is 6.66. The van der Waals surface area contributed by atoms with E-state index in [4.69, 9.17) is 26.4 Å². The molecule has 0 saturated carbocycles. The van der Waals surface area contributed by atoms with Gasteiger partial charge in [-0.2, -0.15) is 5.10 Å². The van der Waals surface area contributed by atoms with Crippen LogP contribution in [0.3, 0.4) is 0 Å². The van der Waals surface area contributed by atoms with E-state index in [2.05, 4.69) is 16.3 Å². The van der Waals surface area contributed by atoms with E-state index in [1.165, 1.54) is 19.3 Å². The number of fused-ring (bicyclic) bond motifs is 1. The number of anilines is 1. The Morgan fingerprint density at radius 1 is 1.00 bits per heavy atom. The summed E-state index contributed by atoms with van der Waals surface area (Å²) in [6.45, 7) is 4.44. The fourth-order valence-corrected chi connectivity index (χ4v) is 7.47. The molecule has 4 aromatic rings. The summed E-state index contributed by atoms with van der Waals surface area (Å²) in [5.41, 5.74) is 4.05. The van der Waals surface area contributed by atoms with E-state index in [-0.39, 0.29) is 11.9 Å². The molecule has 236 valence electrons. The van der Waals surface area contributed by atoms with Crippen LogP contribution in [-0.4, -0.2) is 64.4 Å². The minimum atomic E-state index is -0.863. The van der Waals surface area contributed by atoms with Gasteiger partial charge in [0.15, 0.2) is 17.3 Å². The van der Waals surface area contributed by atoms with Crippen LogP contribution >= 0.6 is 11.6 Å². The third-order valence-corrected chi connectivity index (χ3v) is 10.6. The molecular formula is C36H42ClN5O3. The van der Waals surface area contributed by atoms with E-state index >= 15 is 0 Å². The van der Waals surface area contributed by atoms with Gasteiger partial charge in [-0.1, -0.05) is 48.0 Å². The minimum absolute atomic E-state index is 0.173. The maximum atomic E-state index is 13.0. The molecule has 2 aromatic carbocycles. The predicted molar refractivity (Wildman–Crippen MR) is 176 cm³/mol. The average Bonchev–Trinajstić information content (AvgIpc) is 3.48. The molecule has 1 spiro atoms. The zero-order chi connectivity index (χ0) is 30.9. The minimum Gasteiger partial charge on any atom is -0.385 e.